The Labute approximate surface area is 122 Å². The predicted octanol–water partition coefficient (Wildman–Crippen LogP) is 2.78. The van der Waals surface area contributed by atoms with Gasteiger partial charge in [0.25, 0.3) is 0 Å². The highest BCUT2D eigenvalue weighted by molar-refractivity contribution is 5.43. The smallest absolute Gasteiger partial charge is 0.128 e. The quantitative estimate of drug-likeness (QED) is 0.914. The minimum atomic E-state index is 0.587. The average molecular weight is 273 g/mol. The van der Waals surface area contributed by atoms with Crippen LogP contribution in [0.1, 0.15) is 44.4 Å². The second-order valence-corrected chi connectivity index (χ2v) is 6.65. The molecule has 2 aliphatic rings. The van der Waals surface area contributed by atoms with Crippen molar-refractivity contribution in [2.45, 2.75) is 52.0 Å². The van der Waals surface area contributed by atoms with Gasteiger partial charge in [-0.1, -0.05) is 19.9 Å². The maximum absolute atomic E-state index is 4.91. The number of anilines is 1. The molecule has 1 N–H and O–H groups in total. The van der Waals surface area contributed by atoms with Gasteiger partial charge < -0.3 is 10.2 Å². The lowest BCUT2D eigenvalue weighted by Crippen LogP contribution is -2.41. The third kappa shape index (κ3) is 3.14. The molecule has 1 atom stereocenters. The number of hydrogen-bond donors (Lipinski definition) is 1. The Balaban J connectivity index is 1.64. The van der Waals surface area contributed by atoms with Crippen LogP contribution < -0.4 is 10.2 Å². The molecule has 0 bridgehead atoms. The normalized spacial score (nSPS) is 22.4. The number of nitrogens with zero attached hydrogens (tertiary/aromatic N) is 2. The van der Waals surface area contributed by atoms with Gasteiger partial charge in [-0.25, -0.2) is 4.98 Å². The second-order valence-electron chi connectivity index (χ2n) is 6.65. The number of hydrogen-bond acceptors (Lipinski definition) is 3. The van der Waals surface area contributed by atoms with Crippen LogP contribution in [0.15, 0.2) is 12.1 Å². The maximum atomic E-state index is 4.91. The molecule has 0 amide bonds. The molecule has 3 nitrogen and oxygen atoms in total. The molecule has 1 aliphatic carbocycles. The first-order chi connectivity index (χ1) is 9.72. The first kappa shape index (κ1) is 13.9. The SMILES string of the molecule is CC(C)NCC1CCCN(c2ccc3c(n2)CCC3)C1. The molecule has 0 aromatic carbocycles. The molecule has 1 aromatic rings. The molecule has 1 fully saturated rings. The Morgan fingerprint density at radius 1 is 1.30 bits per heavy atom. The summed E-state index contributed by atoms with van der Waals surface area (Å²) in [6.07, 6.45) is 6.33. The van der Waals surface area contributed by atoms with E-state index in [0.717, 1.165) is 19.0 Å². The molecule has 1 aliphatic heterocycles. The lowest BCUT2D eigenvalue weighted by molar-refractivity contribution is 0.378. The van der Waals surface area contributed by atoms with E-state index in [4.69, 9.17) is 4.98 Å². The standard InChI is InChI=1S/C17H27N3/c1-13(2)18-11-14-5-4-10-20(12-14)17-9-8-15-6-3-7-16(15)19-17/h8-9,13-14,18H,3-7,10-12H2,1-2H3. The molecule has 110 valence electrons. The largest absolute Gasteiger partial charge is 0.356 e. The Morgan fingerprint density at radius 3 is 3.05 bits per heavy atom. The van der Waals surface area contributed by atoms with Gasteiger partial charge in [0.15, 0.2) is 0 Å². The Morgan fingerprint density at radius 2 is 2.20 bits per heavy atom. The third-order valence-corrected chi connectivity index (χ3v) is 4.57. The van der Waals surface area contributed by atoms with Gasteiger partial charge in [0.1, 0.15) is 5.82 Å². The number of piperidine rings is 1. The van der Waals surface area contributed by atoms with E-state index >= 15 is 0 Å². The van der Waals surface area contributed by atoms with Crippen molar-refractivity contribution in [1.29, 1.82) is 0 Å². The zero-order valence-corrected chi connectivity index (χ0v) is 12.9. The van der Waals surface area contributed by atoms with E-state index in [2.05, 4.69) is 36.2 Å². The van der Waals surface area contributed by atoms with E-state index in [1.165, 1.54) is 55.7 Å². The van der Waals surface area contributed by atoms with E-state index in [0.29, 0.717) is 6.04 Å². The summed E-state index contributed by atoms with van der Waals surface area (Å²) in [6.45, 7) is 7.92. The number of aryl methyl sites for hydroxylation is 2. The molecule has 1 saturated heterocycles. The monoisotopic (exact) mass is 273 g/mol. The molecule has 3 heteroatoms. The summed E-state index contributed by atoms with van der Waals surface area (Å²) in [5, 5.41) is 3.58. The van der Waals surface area contributed by atoms with Gasteiger partial charge >= 0.3 is 0 Å². The Hall–Kier alpha value is -1.09. The van der Waals surface area contributed by atoms with Crippen LogP contribution in [0, 0.1) is 5.92 Å². The van der Waals surface area contributed by atoms with Crippen LogP contribution in [0.5, 0.6) is 0 Å². The molecule has 0 radical (unpaired) electrons. The fourth-order valence-corrected chi connectivity index (χ4v) is 3.43. The Bertz CT molecular complexity index is 456. The zero-order valence-electron chi connectivity index (χ0n) is 12.9. The van der Waals surface area contributed by atoms with E-state index in [1.54, 1.807) is 0 Å². The second kappa shape index (κ2) is 6.13. The molecule has 1 unspecified atom stereocenters. The van der Waals surface area contributed by atoms with Gasteiger partial charge in [-0.2, -0.15) is 0 Å². The van der Waals surface area contributed by atoms with Crippen LogP contribution in [-0.4, -0.2) is 30.7 Å². The minimum Gasteiger partial charge on any atom is -0.356 e. The highest BCUT2D eigenvalue weighted by atomic mass is 15.2. The maximum Gasteiger partial charge on any atom is 0.128 e. The van der Waals surface area contributed by atoms with Crippen LogP contribution in [0.25, 0.3) is 0 Å². The molecule has 1 aromatic heterocycles. The summed E-state index contributed by atoms with van der Waals surface area (Å²) in [5.74, 6) is 1.97. The Kier molecular flexibility index (Phi) is 4.25. The van der Waals surface area contributed by atoms with Gasteiger partial charge in [0.2, 0.25) is 0 Å². The van der Waals surface area contributed by atoms with Gasteiger partial charge in [0, 0.05) is 24.8 Å². The first-order valence-corrected chi connectivity index (χ1v) is 8.19. The molecular weight excluding hydrogens is 246 g/mol. The van der Waals surface area contributed by atoms with Gasteiger partial charge in [-0.3, -0.25) is 0 Å². The van der Waals surface area contributed by atoms with Crippen molar-refractivity contribution in [3.05, 3.63) is 23.4 Å². The summed E-state index contributed by atoms with van der Waals surface area (Å²) in [5.41, 5.74) is 2.83. The van der Waals surface area contributed by atoms with Crippen LogP contribution in [0.2, 0.25) is 0 Å². The van der Waals surface area contributed by atoms with Crippen molar-refractivity contribution in [3.63, 3.8) is 0 Å². The molecule has 3 rings (SSSR count). The number of nitrogens with one attached hydrogen (secondary N) is 1. The number of pyridine rings is 1. The van der Waals surface area contributed by atoms with Crippen molar-refractivity contribution in [2.75, 3.05) is 24.5 Å². The van der Waals surface area contributed by atoms with Crippen LogP contribution in [0.4, 0.5) is 5.82 Å². The fourth-order valence-electron chi connectivity index (χ4n) is 3.43. The third-order valence-electron chi connectivity index (χ3n) is 4.57. The number of rotatable bonds is 4. The molecular formula is C17H27N3. The summed E-state index contributed by atoms with van der Waals surface area (Å²) < 4.78 is 0. The minimum absolute atomic E-state index is 0.587. The zero-order chi connectivity index (χ0) is 13.9. The summed E-state index contributed by atoms with van der Waals surface area (Å²) in [6, 6.07) is 5.13. The topological polar surface area (TPSA) is 28.2 Å². The summed E-state index contributed by atoms with van der Waals surface area (Å²) >= 11 is 0. The lowest BCUT2D eigenvalue weighted by atomic mass is 9.97. The van der Waals surface area contributed by atoms with E-state index in [1.807, 2.05) is 0 Å². The van der Waals surface area contributed by atoms with Crippen molar-refractivity contribution in [1.82, 2.24) is 10.3 Å². The first-order valence-electron chi connectivity index (χ1n) is 8.19. The van der Waals surface area contributed by atoms with Crippen LogP contribution >= 0.6 is 0 Å². The highest BCUT2D eigenvalue weighted by Crippen LogP contribution is 2.26. The van der Waals surface area contributed by atoms with Gasteiger partial charge in [-0.05, 0) is 56.2 Å². The van der Waals surface area contributed by atoms with Crippen molar-refractivity contribution in [2.24, 2.45) is 5.92 Å². The van der Waals surface area contributed by atoms with Gasteiger partial charge in [-0.15, -0.1) is 0 Å². The number of aromatic nitrogens is 1. The van der Waals surface area contributed by atoms with E-state index in [-0.39, 0.29) is 0 Å². The van der Waals surface area contributed by atoms with Crippen molar-refractivity contribution >= 4 is 5.82 Å². The molecule has 0 saturated carbocycles. The molecule has 2 heterocycles. The average Bonchev–Trinajstić information content (AvgIpc) is 2.93. The summed E-state index contributed by atoms with van der Waals surface area (Å²) in [4.78, 5) is 7.41. The number of fused-ring (bicyclic) bond motifs is 1. The molecule has 20 heavy (non-hydrogen) atoms. The van der Waals surface area contributed by atoms with Crippen LogP contribution in [-0.2, 0) is 12.8 Å². The van der Waals surface area contributed by atoms with E-state index < -0.39 is 0 Å². The molecule has 0 spiro atoms. The lowest BCUT2D eigenvalue weighted by Gasteiger charge is -2.34. The fraction of sp³-hybridized carbons (Fsp3) is 0.706. The van der Waals surface area contributed by atoms with Crippen molar-refractivity contribution < 1.29 is 0 Å². The van der Waals surface area contributed by atoms with Crippen LogP contribution in [0.3, 0.4) is 0 Å². The van der Waals surface area contributed by atoms with E-state index in [9.17, 15) is 0 Å². The van der Waals surface area contributed by atoms with Gasteiger partial charge in [0.05, 0.1) is 0 Å². The predicted molar refractivity (Wildman–Crippen MR) is 84.3 cm³/mol. The summed E-state index contributed by atoms with van der Waals surface area (Å²) in [7, 11) is 0. The highest BCUT2D eigenvalue weighted by Gasteiger charge is 2.22. The van der Waals surface area contributed by atoms with Crippen molar-refractivity contribution in [3.8, 4) is 0 Å².